The highest BCUT2D eigenvalue weighted by Gasteiger charge is 2.26. The maximum absolute atomic E-state index is 12.8. The Balaban J connectivity index is 1.54. The van der Waals surface area contributed by atoms with Crippen LogP contribution in [0.1, 0.15) is 49.2 Å². The molecule has 1 N–H and O–H groups in total. The largest absolute Gasteiger partial charge is 0.491 e. The highest BCUT2D eigenvalue weighted by molar-refractivity contribution is 5.94. The van der Waals surface area contributed by atoms with Gasteiger partial charge >= 0.3 is 0 Å². The number of hydrogen-bond acceptors (Lipinski definition) is 4. The van der Waals surface area contributed by atoms with Crippen LogP contribution in [0.4, 0.5) is 0 Å². The maximum Gasteiger partial charge on any atom is 0.254 e. The van der Waals surface area contributed by atoms with E-state index >= 15 is 0 Å². The Morgan fingerprint density at radius 2 is 1.72 bits per heavy atom. The molecule has 2 aromatic carbocycles. The van der Waals surface area contributed by atoms with E-state index in [0.29, 0.717) is 13.1 Å². The third-order valence-corrected chi connectivity index (χ3v) is 4.89. The number of morpholine rings is 1. The van der Waals surface area contributed by atoms with Crippen molar-refractivity contribution in [2.24, 2.45) is 0 Å². The van der Waals surface area contributed by atoms with Crippen LogP contribution in [0, 0.1) is 0 Å². The first-order chi connectivity index (χ1) is 13.9. The van der Waals surface area contributed by atoms with Gasteiger partial charge < -0.3 is 19.7 Å². The number of ether oxygens (including phenoxy) is 2. The zero-order chi connectivity index (χ0) is 20.8. The lowest BCUT2D eigenvalue weighted by Gasteiger charge is -2.35. The molecule has 1 heterocycles. The summed E-state index contributed by atoms with van der Waals surface area (Å²) in [6.45, 7) is 10.8. The first-order valence-electron chi connectivity index (χ1n) is 10.4. The van der Waals surface area contributed by atoms with Crippen molar-refractivity contribution in [1.29, 1.82) is 0 Å². The number of rotatable bonds is 7. The summed E-state index contributed by atoms with van der Waals surface area (Å²) in [6.07, 6.45) is 0.307. The van der Waals surface area contributed by atoms with E-state index < -0.39 is 0 Å². The standard InChI is InChI=1S/C24H32N2O3/c1-17(2)28-23-8-6-5-7-22(23)14-25-13-20-9-11-21(12-10-20)24(27)26-15-18(3)29-19(4)16-26/h5-12,17-19,25H,13-16H2,1-4H3. The zero-order valence-electron chi connectivity index (χ0n) is 17.9. The smallest absolute Gasteiger partial charge is 0.254 e. The fourth-order valence-corrected chi connectivity index (χ4v) is 3.65. The molecule has 0 saturated carbocycles. The fraction of sp³-hybridized carbons (Fsp3) is 0.458. The Bertz CT molecular complexity index is 794. The summed E-state index contributed by atoms with van der Waals surface area (Å²) in [4.78, 5) is 14.7. The van der Waals surface area contributed by atoms with Crippen molar-refractivity contribution >= 4 is 5.91 Å². The van der Waals surface area contributed by atoms with Crippen molar-refractivity contribution in [2.45, 2.75) is 59.1 Å². The highest BCUT2D eigenvalue weighted by Crippen LogP contribution is 2.19. The molecule has 1 fully saturated rings. The Morgan fingerprint density at radius 3 is 2.38 bits per heavy atom. The van der Waals surface area contributed by atoms with Crippen molar-refractivity contribution in [3.05, 3.63) is 65.2 Å². The van der Waals surface area contributed by atoms with E-state index in [2.05, 4.69) is 11.4 Å². The van der Waals surface area contributed by atoms with Crippen LogP contribution < -0.4 is 10.1 Å². The van der Waals surface area contributed by atoms with Crippen molar-refractivity contribution in [2.75, 3.05) is 13.1 Å². The maximum atomic E-state index is 12.8. The van der Waals surface area contributed by atoms with E-state index in [1.807, 2.05) is 75.1 Å². The van der Waals surface area contributed by atoms with Gasteiger partial charge in [-0.3, -0.25) is 4.79 Å². The molecule has 1 saturated heterocycles. The number of para-hydroxylation sites is 1. The van der Waals surface area contributed by atoms with Gasteiger partial charge in [0, 0.05) is 37.3 Å². The monoisotopic (exact) mass is 396 g/mol. The van der Waals surface area contributed by atoms with E-state index in [1.165, 1.54) is 0 Å². The number of benzene rings is 2. The summed E-state index contributed by atoms with van der Waals surface area (Å²) in [5, 5.41) is 3.46. The molecular weight excluding hydrogens is 364 g/mol. The molecule has 5 heteroatoms. The third kappa shape index (κ3) is 6.05. The van der Waals surface area contributed by atoms with Gasteiger partial charge in [0.15, 0.2) is 0 Å². The van der Waals surface area contributed by atoms with Crippen LogP contribution in [-0.2, 0) is 17.8 Å². The minimum absolute atomic E-state index is 0.0753. The molecule has 0 spiro atoms. The Morgan fingerprint density at radius 1 is 1.07 bits per heavy atom. The molecule has 1 amide bonds. The van der Waals surface area contributed by atoms with E-state index in [0.717, 1.165) is 35.5 Å². The molecule has 0 radical (unpaired) electrons. The lowest BCUT2D eigenvalue weighted by atomic mass is 10.1. The van der Waals surface area contributed by atoms with Crippen LogP contribution in [0.25, 0.3) is 0 Å². The topological polar surface area (TPSA) is 50.8 Å². The Kier molecular flexibility index (Phi) is 7.29. The van der Waals surface area contributed by atoms with Gasteiger partial charge in [-0.15, -0.1) is 0 Å². The Hall–Kier alpha value is -2.37. The van der Waals surface area contributed by atoms with Gasteiger partial charge in [0.05, 0.1) is 18.3 Å². The minimum Gasteiger partial charge on any atom is -0.491 e. The molecule has 1 aliphatic heterocycles. The second kappa shape index (κ2) is 9.90. The van der Waals surface area contributed by atoms with Crippen LogP contribution in [0.2, 0.25) is 0 Å². The number of carbonyl (C=O) groups is 1. The van der Waals surface area contributed by atoms with Crippen LogP contribution in [0.3, 0.4) is 0 Å². The number of carbonyl (C=O) groups excluding carboxylic acids is 1. The van der Waals surface area contributed by atoms with Gasteiger partial charge in [-0.1, -0.05) is 30.3 Å². The molecule has 0 aromatic heterocycles. The number of hydrogen-bond donors (Lipinski definition) is 1. The molecule has 156 valence electrons. The summed E-state index contributed by atoms with van der Waals surface area (Å²) in [5.74, 6) is 0.996. The van der Waals surface area contributed by atoms with Gasteiger partial charge in [0.25, 0.3) is 5.91 Å². The summed E-state index contributed by atoms with van der Waals surface area (Å²) >= 11 is 0. The van der Waals surface area contributed by atoms with Gasteiger partial charge in [0.2, 0.25) is 0 Å². The van der Waals surface area contributed by atoms with E-state index in [4.69, 9.17) is 9.47 Å². The van der Waals surface area contributed by atoms with Gasteiger partial charge in [-0.25, -0.2) is 0 Å². The normalized spacial score (nSPS) is 19.4. The van der Waals surface area contributed by atoms with Crippen LogP contribution in [0.5, 0.6) is 5.75 Å². The zero-order valence-corrected chi connectivity index (χ0v) is 17.9. The van der Waals surface area contributed by atoms with E-state index in [1.54, 1.807) is 0 Å². The lowest BCUT2D eigenvalue weighted by Crippen LogP contribution is -2.48. The van der Waals surface area contributed by atoms with Gasteiger partial charge in [0.1, 0.15) is 5.75 Å². The number of nitrogens with zero attached hydrogens (tertiary/aromatic N) is 1. The van der Waals surface area contributed by atoms with E-state index in [-0.39, 0.29) is 24.2 Å². The summed E-state index contributed by atoms with van der Waals surface area (Å²) in [5.41, 5.74) is 3.02. The van der Waals surface area contributed by atoms with Crippen molar-refractivity contribution < 1.29 is 14.3 Å². The average Bonchev–Trinajstić information content (AvgIpc) is 2.68. The molecular formula is C24H32N2O3. The molecule has 2 atom stereocenters. The highest BCUT2D eigenvalue weighted by atomic mass is 16.5. The second-order valence-electron chi connectivity index (χ2n) is 8.04. The molecule has 0 aliphatic carbocycles. The lowest BCUT2D eigenvalue weighted by molar-refractivity contribution is -0.0586. The van der Waals surface area contributed by atoms with Crippen LogP contribution in [-0.4, -0.2) is 42.2 Å². The first kappa shape index (κ1) is 21.3. The fourth-order valence-electron chi connectivity index (χ4n) is 3.65. The number of nitrogens with one attached hydrogen (secondary N) is 1. The predicted octanol–water partition coefficient (Wildman–Crippen LogP) is 4.01. The summed E-state index contributed by atoms with van der Waals surface area (Å²) in [7, 11) is 0. The molecule has 3 rings (SSSR count). The average molecular weight is 397 g/mol. The third-order valence-electron chi connectivity index (χ3n) is 4.89. The molecule has 0 bridgehead atoms. The van der Waals surface area contributed by atoms with Crippen LogP contribution in [0.15, 0.2) is 48.5 Å². The molecule has 29 heavy (non-hydrogen) atoms. The van der Waals surface area contributed by atoms with Gasteiger partial charge in [-0.05, 0) is 51.5 Å². The molecule has 2 unspecified atom stereocenters. The van der Waals surface area contributed by atoms with Crippen molar-refractivity contribution in [3.63, 3.8) is 0 Å². The Labute approximate surface area is 174 Å². The number of amides is 1. The summed E-state index contributed by atoms with van der Waals surface area (Å²) < 4.78 is 11.6. The molecule has 2 aromatic rings. The second-order valence-corrected chi connectivity index (χ2v) is 8.04. The quantitative estimate of drug-likeness (QED) is 0.768. The van der Waals surface area contributed by atoms with Crippen molar-refractivity contribution in [1.82, 2.24) is 10.2 Å². The molecule has 1 aliphatic rings. The predicted molar refractivity (Wildman–Crippen MR) is 115 cm³/mol. The van der Waals surface area contributed by atoms with Gasteiger partial charge in [-0.2, -0.15) is 0 Å². The van der Waals surface area contributed by atoms with E-state index in [9.17, 15) is 4.79 Å². The minimum atomic E-state index is 0.0753. The SMILES string of the molecule is CC(C)Oc1ccccc1CNCc1ccc(C(=O)N2CC(C)OC(C)C2)cc1. The molecule has 5 nitrogen and oxygen atoms in total. The van der Waals surface area contributed by atoms with Crippen molar-refractivity contribution in [3.8, 4) is 5.75 Å². The first-order valence-corrected chi connectivity index (χ1v) is 10.4. The summed E-state index contributed by atoms with van der Waals surface area (Å²) in [6, 6.07) is 16.0. The van der Waals surface area contributed by atoms with Crippen LogP contribution >= 0.6 is 0 Å².